The van der Waals surface area contributed by atoms with Gasteiger partial charge in [0.1, 0.15) is 5.65 Å². The maximum Gasteiger partial charge on any atom is 0.269 e. The number of rotatable bonds is 4. The van der Waals surface area contributed by atoms with Crippen LogP contribution in [0.2, 0.25) is 0 Å². The fourth-order valence-electron chi connectivity index (χ4n) is 2.03. The second-order valence-corrected chi connectivity index (χ2v) is 5.79. The fourth-order valence-corrected chi connectivity index (χ4v) is 2.81. The smallest absolute Gasteiger partial charge is 0.269 e. The van der Waals surface area contributed by atoms with Crippen LogP contribution in [-0.2, 0) is 5.75 Å². The highest BCUT2D eigenvalue weighted by Gasteiger charge is 2.06. The third-order valence-electron chi connectivity index (χ3n) is 3.10. The molecule has 3 rings (SSSR count). The van der Waals surface area contributed by atoms with Gasteiger partial charge in [-0.25, -0.2) is 4.98 Å². The molecule has 0 saturated carbocycles. The highest BCUT2D eigenvalue weighted by Crippen LogP contribution is 2.24. The lowest BCUT2D eigenvalue weighted by atomic mass is 10.3. The Labute approximate surface area is 125 Å². The molecule has 3 aromatic rings. The second-order valence-electron chi connectivity index (χ2n) is 4.74. The number of hydrogen-bond acceptors (Lipinski definition) is 4. The molecule has 21 heavy (non-hydrogen) atoms. The Hall–Kier alpha value is -2.34. The van der Waals surface area contributed by atoms with E-state index in [1.807, 2.05) is 35.9 Å². The molecule has 0 aliphatic carbocycles. The predicted molar refractivity (Wildman–Crippen MR) is 82.6 cm³/mol. The number of imidazole rings is 1. The lowest BCUT2D eigenvalue weighted by Crippen LogP contribution is -1.86. The summed E-state index contributed by atoms with van der Waals surface area (Å²) < 4.78 is 2.00. The van der Waals surface area contributed by atoms with Crippen molar-refractivity contribution in [3.63, 3.8) is 0 Å². The molecule has 106 valence electrons. The number of benzene rings is 1. The summed E-state index contributed by atoms with van der Waals surface area (Å²) in [5.41, 5.74) is 3.23. The summed E-state index contributed by atoms with van der Waals surface area (Å²) >= 11 is 1.61. The van der Waals surface area contributed by atoms with E-state index in [1.165, 1.54) is 17.7 Å². The number of nitro benzene ring substituents is 1. The summed E-state index contributed by atoms with van der Waals surface area (Å²) in [4.78, 5) is 15.8. The van der Waals surface area contributed by atoms with Crippen molar-refractivity contribution in [3.8, 4) is 0 Å². The molecule has 5 nitrogen and oxygen atoms in total. The van der Waals surface area contributed by atoms with E-state index in [0.29, 0.717) is 0 Å². The van der Waals surface area contributed by atoms with Crippen LogP contribution in [0.3, 0.4) is 0 Å². The summed E-state index contributed by atoms with van der Waals surface area (Å²) in [5.74, 6) is 0.735. The minimum absolute atomic E-state index is 0.113. The summed E-state index contributed by atoms with van der Waals surface area (Å²) in [7, 11) is 0. The second kappa shape index (κ2) is 5.57. The fraction of sp³-hybridized carbons (Fsp3) is 0.133. The number of nitrogens with zero attached hydrogens (tertiary/aromatic N) is 3. The molecule has 0 atom stereocenters. The zero-order valence-electron chi connectivity index (χ0n) is 11.4. The van der Waals surface area contributed by atoms with Crippen LogP contribution in [-0.4, -0.2) is 14.3 Å². The maximum atomic E-state index is 10.6. The standard InChI is InChI=1S/C15H13N3O2S/c1-11-6-7-17-9-12(16-15(17)8-11)10-21-14-4-2-13(3-5-14)18(19)20/h2-9H,10H2,1H3. The maximum absolute atomic E-state index is 10.6. The molecule has 0 N–H and O–H groups in total. The van der Waals surface area contributed by atoms with E-state index in [0.717, 1.165) is 22.0 Å². The number of hydrogen-bond donors (Lipinski definition) is 0. The Morgan fingerprint density at radius 1 is 1.29 bits per heavy atom. The van der Waals surface area contributed by atoms with E-state index in [2.05, 4.69) is 4.98 Å². The van der Waals surface area contributed by atoms with Crippen molar-refractivity contribution in [2.24, 2.45) is 0 Å². The van der Waals surface area contributed by atoms with E-state index in [4.69, 9.17) is 0 Å². The van der Waals surface area contributed by atoms with Crippen molar-refractivity contribution in [1.29, 1.82) is 0 Å². The van der Waals surface area contributed by atoms with E-state index >= 15 is 0 Å². The van der Waals surface area contributed by atoms with E-state index in [-0.39, 0.29) is 10.6 Å². The van der Waals surface area contributed by atoms with Crippen LogP contribution < -0.4 is 0 Å². The molecule has 0 spiro atoms. The van der Waals surface area contributed by atoms with Gasteiger partial charge in [0.15, 0.2) is 0 Å². The van der Waals surface area contributed by atoms with Gasteiger partial charge >= 0.3 is 0 Å². The predicted octanol–water partition coefficient (Wildman–Crippen LogP) is 3.84. The van der Waals surface area contributed by atoms with Crippen molar-refractivity contribution in [1.82, 2.24) is 9.38 Å². The van der Waals surface area contributed by atoms with Gasteiger partial charge in [-0.15, -0.1) is 11.8 Å². The Bertz CT molecular complexity index is 796. The Kier molecular flexibility index (Phi) is 3.62. The van der Waals surface area contributed by atoms with E-state index < -0.39 is 0 Å². The van der Waals surface area contributed by atoms with Crippen LogP contribution in [0.15, 0.2) is 53.7 Å². The Balaban J connectivity index is 1.72. The van der Waals surface area contributed by atoms with Gasteiger partial charge in [-0.2, -0.15) is 0 Å². The number of thioether (sulfide) groups is 1. The topological polar surface area (TPSA) is 60.4 Å². The minimum atomic E-state index is -0.390. The molecule has 1 aromatic carbocycles. The van der Waals surface area contributed by atoms with Gasteiger partial charge in [-0.05, 0) is 36.8 Å². The van der Waals surface area contributed by atoms with Crippen LogP contribution in [0, 0.1) is 17.0 Å². The van der Waals surface area contributed by atoms with Crippen molar-refractivity contribution < 1.29 is 4.92 Å². The first-order chi connectivity index (χ1) is 10.1. The van der Waals surface area contributed by atoms with Crippen molar-refractivity contribution in [2.45, 2.75) is 17.6 Å². The summed E-state index contributed by atoms with van der Waals surface area (Å²) in [6, 6.07) is 10.7. The third kappa shape index (κ3) is 3.05. The summed E-state index contributed by atoms with van der Waals surface area (Å²) in [5, 5.41) is 10.6. The Morgan fingerprint density at radius 3 is 2.76 bits per heavy atom. The first kappa shape index (κ1) is 13.6. The molecule has 0 radical (unpaired) electrons. The summed E-state index contributed by atoms with van der Waals surface area (Å²) in [6.45, 7) is 2.04. The quantitative estimate of drug-likeness (QED) is 0.417. The molecule has 0 unspecified atom stereocenters. The molecule has 0 saturated heterocycles. The van der Waals surface area contributed by atoms with Crippen LogP contribution in [0.25, 0.3) is 5.65 Å². The molecule has 0 bridgehead atoms. The molecule has 2 aromatic heterocycles. The molecule has 0 aliphatic rings. The minimum Gasteiger partial charge on any atom is -0.307 e. The van der Waals surface area contributed by atoms with Gasteiger partial charge in [-0.3, -0.25) is 10.1 Å². The van der Waals surface area contributed by atoms with Crippen molar-refractivity contribution in [2.75, 3.05) is 0 Å². The van der Waals surface area contributed by atoms with E-state index in [9.17, 15) is 10.1 Å². The first-order valence-corrected chi connectivity index (χ1v) is 7.42. The molecule has 6 heteroatoms. The monoisotopic (exact) mass is 299 g/mol. The SMILES string of the molecule is Cc1ccn2cc(CSc3ccc([N+](=O)[O-])cc3)nc2c1. The molecule has 0 fully saturated rings. The van der Waals surface area contributed by atoms with E-state index in [1.54, 1.807) is 23.9 Å². The van der Waals surface area contributed by atoms with Gasteiger partial charge in [-0.1, -0.05) is 0 Å². The van der Waals surface area contributed by atoms with Gasteiger partial charge in [0.25, 0.3) is 5.69 Å². The van der Waals surface area contributed by atoms with Crippen LogP contribution >= 0.6 is 11.8 Å². The number of fused-ring (bicyclic) bond motifs is 1. The zero-order chi connectivity index (χ0) is 14.8. The number of aryl methyl sites for hydroxylation is 1. The van der Waals surface area contributed by atoms with Gasteiger partial charge in [0, 0.05) is 35.2 Å². The normalized spacial score (nSPS) is 10.9. The molecule has 0 aliphatic heterocycles. The number of non-ortho nitro benzene ring substituents is 1. The largest absolute Gasteiger partial charge is 0.307 e. The number of pyridine rings is 1. The van der Waals surface area contributed by atoms with Gasteiger partial charge in [0.05, 0.1) is 10.6 Å². The lowest BCUT2D eigenvalue weighted by molar-refractivity contribution is -0.384. The molecule has 2 heterocycles. The molecular formula is C15H13N3O2S. The number of nitro groups is 1. The van der Waals surface area contributed by atoms with Crippen LogP contribution in [0.5, 0.6) is 0 Å². The van der Waals surface area contributed by atoms with Crippen LogP contribution in [0.4, 0.5) is 5.69 Å². The highest BCUT2D eigenvalue weighted by atomic mass is 32.2. The zero-order valence-corrected chi connectivity index (χ0v) is 12.2. The summed E-state index contributed by atoms with van der Waals surface area (Å²) in [6.07, 6.45) is 4.00. The number of aromatic nitrogens is 2. The highest BCUT2D eigenvalue weighted by molar-refractivity contribution is 7.98. The average Bonchev–Trinajstić information content (AvgIpc) is 2.87. The lowest BCUT2D eigenvalue weighted by Gasteiger charge is -1.98. The Morgan fingerprint density at radius 2 is 2.05 bits per heavy atom. The molecule has 0 amide bonds. The van der Waals surface area contributed by atoms with Crippen molar-refractivity contribution >= 4 is 23.1 Å². The van der Waals surface area contributed by atoms with Crippen LogP contribution in [0.1, 0.15) is 11.3 Å². The average molecular weight is 299 g/mol. The molecular weight excluding hydrogens is 286 g/mol. The first-order valence-electron chi connectivity index (χ1n) is 6.43. The van der Waals surface area contributed by atoms with Gasteiger partial charge < -0.3 is 4.40 Å². The third-order valence-corrected chi connectivity index (χ3v) is 4.15. The van der Waals surface area contributed by atoms with Crippen molar-refractivity contribution in [3.05, 3.63) is 70.2 Å². The van der Waals surface area contributed by atoms with Gasteiger partial charge in [0.2, 0.25) is 0 Å².